The normalized spacial score (nSPS) is 11.5. The van der Waals surface area contributed by atoms with Crippen molar-refractivity contribution in [1.82, 2.24) is 23.1 Å². The molecular weight excluding hydrogens is 420 g/mol. The van der Waals surface area contributed by atoms with Crippen LogP contribution < -0.4 is 17.0 Å². The summed E-state index contributed by atoms with van der Waals surface area (Å²) in [6, 6.07) is 15.8. The van der Waals surface area contributed by atoms with E-state index in [1.807, 2.05) is 73.1 Å². The Morgan fingerprint density at radius 3 is 2.45 bits per heavy atom. The molecule has 0 saturated carbocycles. The third-order valence-corrected chi connectivity index (χ3v) is 6.05. The van der Waals surface area contributed by atoms with E-state index in [1.165, 1.54) is 11.6 Å². The van der Waals surface area contributed by atoms with Gasteiger partial charge >= 0.3 is 5.69 Å². The second kappa shape index (κ2) is 7.33. The van der Waals surface area contributed by atoms with Crippen LogP contribution in [0.25, 0.3) is 33.9 Å². The Kier molecular flexibility index (Phi) is 4.56. The van der Waals surface area contributed by atoms with Crippen molar-refractivity contribution in [2.24, 2.45) is 12.8 Å². The Balaban J connectivity index is 1.97. The number of imidazole rings is 2. The Morgan fingerprint density at radius 2 is 1.76 bits per heavy atom. The molecule has 0 unspecified atom stereocenters. The fourth-order valence-corrected chi connectivity index (χ4v) is 4.22. The number of carbonyl (C=O) groups excluding carboxylic acids is 1. The molecule has 3 aromatic heterocycles. The first-order valence-corrected chi connectivity index (χ1v) is 10.4. The van der Waals surface area contributed by atoms with Gasteiger partial charge in [-0.2, -0.15) is 4.98 Å². The van der Waals surface area contributed by atoms with Crippen LogP contribution in [0.5, 0.6) is 0 Å². The molecule has 9 heteroatoms. The molecule has 9 nitrogen and oxygen atoms in total. The first-order valence-electron chi connectivity index (χ1n) is 10.4. The number of fused-ring (bicyclic) bond motifs is 3. The van der Waals surface area contributed by atoms with Crippen molar-refractivity contribution >= 4 is 22.8 Å². The van der Waals surface area contributed by atoms with Crippen molar-refractivity contribution in [1.29, 1.82) is 0 Å². The number of benzene rings is 2. The van der Waals surface area contributed by atoms with E-state index in [0.717, 1.165) is 32.6 Å². The van der Waals surface area contributed by atoms with Gasteiger partial charge in [-0.05, 0) is 31.0 Å². The number of carbonyl (C=O) groups is 1. The van der Waals surface area contributed by atoms with E-state index < -0.39 is 23.7 Å². The summed E-state index contributed by atoms with van der Waals surface area (Å²) in [4.78, 5) is 42.3. The lowest BCUT2D eigenvalue weighted by atomic mass is 10.1. The van der Waals surface area contributed by atoms with Crippen molar-refractivity contribution in [2.45, 2.75) is 20.4 Å². The second-order valence-electron chi connectivity index (χ2n) is 8.09. The van der Waals surface area contributed by atoms with Crippen molar-refractivity contribution in [3.8, 4) is 16.9 Å². The zero-order valence-electron chi connectivity index (χ0n) is 18.4. The van der Waals surface area contributed by atoms with E-state index in [0.29, 0.717) is 5.78 Å². The van der Waals surface area contributed by atoms with Crippen LogP contribution in [0.2, 0.25) is 0 Å². The van der Waals surface area contributed by atoms with Crippen LogP contribution in [0.3, 0.4) is 0 Å². The SMILES string of the molecule is Cc1cccc(-n2c(-c3ccccc3)cn3c4c(=O)n(CC(N)=O)c(=O)n(C)c4nc23)c1C. The minimum absolute atomic E-state index is 0.203. The molecule has 0 aliphatic carbocycles. The van der Waals surface area contributed by atoms with E-state index >= 15 is 0 Å². The molecule has 33 heavy (non-hydrogen) atoms. The zero-order valence-corrected chi connectivity index (χ0v) is 18.4. The van der Waals surface area contributed by atoms with Gasteiger partial charge in [-0.1, -0.05) is 42.5 Å². The minimum atomic E-state index is -0.771. The predicted octanol–water partition coefficient (Wildman–Crippen LogP) is 1.91. The molecule has 2 aromatic carbocycles. The molecule has 0 saturated heterocycles. The molecule has 0 aliphatic rings. The first-order chi connectivity index (χ1) is 15.8. The molecular formula is C24H22N6O3. The summed E-state index contributed by atoms with van der Waals surface area (Å²) in [5, 5.41) is 0. The number of aromatic nitrogens is 5. The number of rotatable bonds is 4. The molecule has 0 fully saturated rings. The maximum Gasteiger partial charge on any atom is 0.332 e. The van der Waals surface area contributed by atoms with E-state index in [1.54, 1.807) is 4.40 Å². The molecule has 2 N–H and O–H groups in total. The van der Waals surface area contributed by atoms with Crippen LogP contribution in [0, 0.1) is 13.8 Å². The predicted molar refractivity (Wildman–Crippen MR) is 126 cm³/mol. The van der Waals surface area contributed by atoms with Crippen LogP contribution >= 0.6 is 0 Å². The van der Waals surface area contributed by atoms with Crippen molar-refractivity contribution < 1.29 is 4.79 Å². The first kappa shape index (κ1) is 20.5. The van der Waals surface area contributed by atoms with Gasteiger partial charge in [-0.3, -0.25) is 23.1 Å². The number of amides is 1. The highest BCUT2D eigenvalue weighted by Gasteiger charge is 2.23. The Bertz CT molecular complexity index is 1690. The van der Waals surface area contributed by atoms with E-state index in [2.05, 4.69) is 0 Å². The Morgan fingerprint density at radius 1 is 1.03 bits per heavy atom. The van der Waals surface area contributed by atoms with Crippen molar-refractivity contribution in [3.63, 3.8) is 0 Å². The van der Waals surface area contributed by atoms with Crippen LogP contribution in [0.15, 0.2) is 64.3 Å². The summed E-state index contributed by atoms with van der Waals surface area (Å²) in [6.45, 7) is 3.57. The monoisotopic (exact) mass is 442 g/mol. The van der Waals surface area contributed by atoms with Crippen LogP contribution in [-0.2, 0) is 18.4 Å². The highest BCUT2D eigenvalue weighted by Crippen LogP contribution is 2.30. The number of nitrogens with zero attached hydrogens (tertiary/aromatic N) is 5. The minimum Gasteiger partial charge on any atom is -0.368 e. The van der Waals surface area contributed by atoms with Crippen LogP contribution in [0.1, 0.15) is 11.1 Å². The zero-order chi connectivity index (χ0) is 23.4. The Hall–Kier alpha value is -4.40. The summed E-state index contributed by atoms with van der Waals surface area (Å²) in [5.41, 5.74) is 9.35. The molecule has 0 aliphatic heterocycles. The summed E-state index contributed by atoms with van der Waals surface area (Å²) in [5.74, 6) is -0.284. The second-order valence-corrected chi connectivity index (χ2v) is 8.09. The standard InChI is InChI=1S/C24H22N6O3/c1-14-8-7-11-17(15(14)2)30-18(16-9-5-4-6-10-16)12-28-20-21(26-23(28)30)27(3)24(33)29(22(20)32)13-19(25)31/h4-12H,13H2,1-3H3,(H2,25,31). The molecule has 0 radical (unpaired) electrons. The van der Waals surface area contributed by atoms with Crippen LogP contribution in [0.4, 0.5) is 0 Å². The fourth-order valence-electron chi connectivity index (χ4n) is 4.22. The van der Waals surface area contributed by atoms with Crippen LogP contribution in [-0.4, -0.2) is 29.0 Å². The number of hydrogen-bond acceptors (Lipinski definition) is 4. The molecule has 5 aromatic rings. The highest BCUT2D eigenvalue weighted by atomic mass is 16.2. The van der Waals surface area contributed by atoms with Crippen molar-refractivity contribution in [2.75, 3.05) is 0 Å². The lowest BCUT2D eigenvalue weighted by Crippen LogP contribution is -2.42. The van der Waals surface area contributed by atoms with E-state index in [9.17, 15) is 14.4 Å². The summed E-state index contributed by atoms with van der Waals surface area (Å²) >= 11 is 0. The molecule has 0 atom stereocenters. The molecule has 5 rings (SSSR count). The maximum atomic E-state index is 13.3. The fraction of sp³-hybridized carbons (Fsp3) is 0.167. The van der Waals surface area contributed by atoms with Crippen molar-refractivity contribution in [3.05, 3.63) is 86.7 Å². The molecule has 1 amide bonds. The quantitative estimate of drug-likeness (QED) is 0.458. The number of aryl methyl sites for hydroxylation is 2. The lowest BCUT2D eigenvalue weighted by molar-refractivity contribution is -0.118. The van der Waals surface area contributed by atoms with Gasteiger partial charge in [0.05, 0.1) is 11.4 Å². The summed E-state index contributed by atoms with van der Waals surface area (Å²) < 4.78 is 5.78. The topological polar surface area (TPSA) is 109 Å². The number of hydrogen-bond donors (Lipinski definition) is 1. The number of nitrogens with two attached hydrogens (primary N) is 1. The largest absolute Gasteiger partial charge is 0.368 e. The maximum absolute atomic E-state index is 13.3. The lowest BCUT2D eigenvalue weighted by Gasteiger charge is -2.13. The molecule has 0 bridgehead atoms. The summed E-state index contributed by atoms with van der Waals surface area (Å²) in [7, 11) is 1.52. The molecule has 0 spiro atoms. The Labute approximate surface area is 187 Å². The average molecular weight is 442 g/mol. The highest BCUT2D eigenvalue weighted by molar-refractivity contribution is 5.80. The average Bonchev–Trinajstić information content (AvgIpc) is 3.34. The number of primary amides is 1. The molecule has 3 heterocycles. The third-order valence-electron chi connectivity index (χ3n) is 6.05. The van der Waals surface area contributed by atoms with Gasteiger partial charge < -0.3 is 5.73 Å². The van der Waals surface area contributed by atoms with E-state index in [4.69, 9.17) is 10.7 Å². The summed E-state index contributed by atoms with van der Waals surface area (Å²) in [6.07, 6.45) is 1.84. The molecule has 166 valence electrons. The third kappa shape index (κ3) is 3.00. The smallest absolute Gasteiger partial charge is 0.332 e. The van der Waals surface area contributed by atoms with Gasteiger partial charge in [0.1, 0.15) is 6.54 Å². The van der Waals surface area contributed by atoms with E-state index in [-0.39, 0.29) is 11.2 Å². The van der Waals surface area contributed by atoms with Gasteiger partial charge in [0, 0.05) is 18.8 Å². The van der Waals surface area contributed by atoms with Gasteiger partial charge in [0.15, 0.2) is 11.2 Å². The van der Waals surface area contributed by atoms with Gasteiger partial charge in [0.25, 0.3) is 5.56 Å². The van der Waals surface area contributed by atoms with Gasteiger partial charge in [0.2, 0.25) is 11.7 Å². The van der Waals surface area contributed by atoms with Gasteiger partial charge in [-0.25, -0.2) is 9.36 Å². The van der Waals surface area contributed by atoms with Gasteiger partial charge in [-0.15, -0.1) is 0 Å².